The summed E-state index contributed by atoms with van der Waals surface area (Å²) in [6.07, 6.45) is 1.30. The van der Waals surface area contributed by atoms with E-state index in [0.29, 0.717) is 18.4 Å². The Morgan fingerprint density at radius 3 is 2.82 bits per heavy atom. The van der Waals surface area contributed by atoms with Crippen LogP contribution in [0.25, 0.3) is 11.0 Å². The third kappa shape index (κ3) is 2.95. The fourth-order valence-electron chi connectivity index (χ4n) is 1.56. The van der Waals surface area contributed by atoms with E-state index in [1.54, 1.807) is 12.1 Å². The van der Waals surface area contributed by atoms with Crippen LogP contribution in [0.1, 0.15) is 22.6 Å². The molecule has 1 heterocycles. The van der Waals surface area contributed by atoms with E-state index < -0.39 is 5.97 Å². The van der Waals surface area contributed by atoms with Crippen molar-refractivity contribution in [2.45, 2.75) is 12.8 Å². The maximum absolute atomic E-state index is 10.8. The number of aliphatic hydroxyl groups excluding tert-OH is 1. The van der Waals surface area contributed by atoms with Gasteiger partial charge in [-0.25, -0.2) is 9.78 Å². The number of benzene rings is 1. The van der Waals surface area contributed by atoms with E-state index in [1.807, 2.05) is 0 Å². The van der Waals surface area contributed by atoms with Crippen molar-refractivity contribution in [1.82, 2.24) is 9.97 Å². The number of aryl methyl sites for hydroxylation is 1. The minimum atomic E-state index is -0.951. The molecule has 0 aliphatic rings. The fourth-order valence-corrected chi connectivity index (χ4v) is 1.56. The highest BCUT2D eigenvalue weighted by Crippen LogP contribution is 2.14. The van der Waals surface area contributed by atoms with Crippen molar-refractivity contribution in [1.29, 1.82) is 0 Å². The zero-order chi connectivity index (χ0) is 11.5. The van der Waals surface area contributed by atoms with Gasteiger partial charge in [-0.3, -0.25) is 0 Å². The third-order valence-electron chi connectivity index (χ3n) is 2.35. The lowest BCUT2D eigenvalue weighted by molar-refractivity contribution is 0.0697. The second-order valence-electron chi connectivity index (χ2n) is 3.55. The number of nitrogens with one attached hydrogen (secondary N) is 1. The second-order valence-corrected chi connectivity index (χ2v) is 3.55. The molecule has 0 unspecified atom stereocenters. The maximum atomic E-state index is 10.8. The van der Waals surface area contributed by atoms with Crippen LogP contribution in [0.4, 0.5) is 0 Å². The first-order valence-corrected chi connectivity index (χ1v) is 5.03. The van der Waals surface area contributed by atoms with E-state index in [-0.39, 0.29) is 24.6 Å². The van der Waals surface area contributed by atoms with Gasteiger partial charge in [0, 0.05) is 13.0 Å². The molecule has 0 bridgehead atoms. The van der Waals surface area contributed by atoms with E-state index in [2.05, 4.69) is 9.97 Å². The van der Waals surface area contributed by atoms with Crippen molar-refractivity contribution in [3.8, 4) is 0 Å². The van der Waals surface area contributed by atoms with Crippen LogP contribution >= 0.6 is 12.4 Å². The Kier molecular flexibility index (Phi) is 4.48. The smallest absolute Gasteiger partial charge is 0.335 e. The second kappa shape index (κ2) is 5.65. The number of carbonyl (C=O) groups is 1. The lowest BCUT2D eigenvalue weighted by Gasteiger charge is -1.92. The van der Waals surface area contributed by atoms with Crippen molar-refractivity contribution in [2.24, 2.45) is 0 Å². The SMILES string of the molecule is Cl.O=C(O)c1ccc2nc(CCCO)[nH]c2c1. The predicted octanol–water partition coefficient (Wildman–Crippen LogP) is 1.61. The standard InChI is InChI=1S/C11H12N2O3.ClH/c14-5-1-2-10-12-8-4-3-7(11(15)16)6-9(8)13-10;/h3-4,6,14H,1-2,5H2,(H,12,13)(H,15,16);1H. The summed E-state index contributed by atoms with van der Waals surface area (Å²) in [5, 5.41) is 17.5. The van der Waals surface area contributed by atoms with Crippen LogP contribution in [0, 0.1) is 0 Å². The van der Waals surface area contributed by atoms with Gasteiger partial charge in [-0.05, 0) is 24.6 Å². The van der Waals surface area contributed by atoms with E-state index in [1.165, 1.54) is 6.07 Å². The Balaban J connectivity index is 0.00000144. The highest BCUT2D eigenvalue weighted by atomic mass is 35.5. The molecule has 92 valence electrons. The van der Waals surface area contributed by atoms with E-state index in [0.717, 1.165) is 11.3 Å². The number of nitrogens with zero attached hydrogens (tertiary/aromatic N) is 1. The summed E-state index contributed by atoms with van der Waals surface area (Å²) >= 11 is 0. The average Bonchev–Trinajstić information content (AvgIpc) is 2.67. The molecule has 2 rings (SSSR count). The van der Waals surface area contributed by atoms with Crippen molar-refractivity contribution in [3.05, 3.63) is 29.6 Å². The lowest BCUT2D eigenvalue weighted by atomic mass is 10.2. The topological polar surface area (TPSA) is 86.2 Å². The fraction of sp³-hybridized carbons (Fsp3) is 0.273. The minimum absolute atomic E-state index is 0. The number of aromatic nitrogens is 2. The highest BCUT2D eigenvalue weighted by molar-refractivity contribution is 5.92. The Labute approximate surface area is 104 Å². The molecule has 0 amide bonds. The monoisotopic (exact) mass is 256 g/mol. The minimum Gasteiger partial charge on any atom is -0.478 e. The maximum Gasteiger partial charge on any atom is 0.335 e. The molecule has 2 aromatic rings. The van der Waals surface area contributed by atoms with Gasteiger partial charge in [-0.1, -0.05) is 0 Å². The number of hydrogen-bond acceptors (Lipinski definition) is 3. The van der Waals surface area contributed by atoms with Crippen molar-refractivity contribution < 1.29 is 15.0 Å². The molecule has 5 nitrogen and oxygen atoms in total. The predicted molar refractivity (Wildman–Crippen MR) is 65.7 cm³/mol. The Bertz CT molecular complexity index is 524. The number of aromatic carboxylic acids is 1. The molecule has 3 N–H and O–H groups in total. The largest absolute Gasteiger partial charge is 0.478 e. The molecule has 0 saturated carbocycles. The summed E-state index contributed by atoms with van der Waals surface area (Å²) in [7, 11) is 0. The zero-order valence-electron chi connectivity index (χ0n) is 9.01. The number of carboxylic acid groups (broad SMARTS) is 1. The number of fused-ring (bicyclic) bond motifs is 1. The summed E-state index contributed by atoms with van der Waals surface area (Å²) < 4.78 is 0. The molecule has 0 aliphatic heterocycles. The molecular weight excluding hydrogens is 244 g/mol. The van der Waals surface area contributed by atoms with Crippen LogP contribution < -0.4 is 0 Å². The number of aromatic amines is 1. The first-order valence-electron chi connectivity index (χ1n) is 5.03. The molecule has 0 saturated heterocycles. The van der Waals surface area contributed by atoms with Crippen LogP contribution in [-0.2, 0) is 6.42 Å². The molecule has 1 aromatic heterocycles. The van der Waals surface area contributed by atoms with Gasteiger partial charge in [0.1, 0.15) is 5.82 Å². The number of carboxylic acids is 1. The molecule has 1 aromatic carbocycles. The molecule has 17 heavy (non-hydrogen) atoms. The van der Waals surface area contributed by atoms with Gasteiger partial charge in [0.25, 0.3) is 0 Å². The van der Waals surface area contributed by atoms with E-state index in [4.69, 9.17) is 10.2 Å². The first kappa shape index (κ1) is 13.5. The lowest BCUT2D eigenvalue weighted by Crippen LogP contribution is -1.94. The van der Waals surface area contributed by atoms with Gasteiger partial charge in [-0.2, -0.15) is 0 Å². The molecular formula is C11H13ClN2O3. The summed E-state index contributed by atoms with van der Waals surface area (Å²) in [5.41, 5.74) is 1.70. The van der Waals surface area contributed by atoms with Crippen LogP contribution in [0.3, 0.4) is 0 Å². The number of imidazole rings is 1. The van der Waals surface area contributed by atoms with E-state index >= 15 is 0 Å². The number of halogens is 1. The Morgan fingerprint density at radius 2 is 2.18 bits per heavy atom. The van der Waals surface area contributed by atoms with Crippen LogP contribution in [0.5, 0.6) is 0 Å². The first-order chi connectivity index (χ1) is 7.70. The van der Waals surface area contributed by atoms with Crippen LogP contribution in [0.2, 0.25) is 0 Å². The van der Waals surface area contributed by atoms with Crippen molar-refractivity contribution in [2.75, 3.05) is 6.61 Å². The molecule has 0 fully saturated rings. The van der Waals surface area contributed by atoms with Crippen LogP contribution in [0.15, 0.2) is 18.2 Å². The molecule has 0 atom stereocenters. The molecule has 0 aliphatic carbocycles. The van der Waals surface area contributed by atoms with Gasteiger partial charge in [0.2, 0.25) is 0 Å². The number of rotatable bonds is 4. The summed E-state index contributed by atoms with van der Waals surface area (Å²) in [6.45, 7) is 0.122. The van der Waals surface area contributed by atoms with Gasteiger partial charge >= 0.3 is 5.97 Å². The number of H-pyrrole nitrogens is 1. The average molecular weight is 257 g/mol. The molecule has 0 spiro atoms. The summed E-state index contributed by atoms with van der Waals surface area (Å²) in [5.74, 6) is -0.181. The van der Waals surface area contributed by atoms with Crippen molar-refractivity contribution in [3.63, 3.8) is 0 Å². The third-order valence-corrected chi connectivity index (χ3v) is 2.35. The highest BCUT2D eigenvalue weighted by Gasteiger charge is 2.07. The summed E-state index contributed by atoms with van der Waals surface area (Å²) in [6, 6.07) is 4.77. The summed E-state index contributed by atoms with van der Waals surface area (Å²) in [4.78, 5) is 18.1. The quantitative estimate of drug-likeness (QED) is 0.776. The molecule has 6 heteroatoms. The molecule has 0 radical (unpaired) electrons. The number of aliphatic hydroxyl groups is 1. The van der Waals surface area contributed by atoms with Crippen LogP contribution in [-0.4, -0.2) is 32.8 Å². The Morgan fingerprint density at radius 1 is 1.41 bits per heavy atom. The van der Waals surface area contributed by atoms with Gasteiger partial charge < -0.3 is 15.2 Å². The number of hydrogen-bond donors (Lipinski definition) is 3. The van der Waals surface area contributed by atoms with Gasteiger partial charge in [0.15, 0.2) is 0 Å². The zero-order valence-corrected chi connectivity index (χ0v) is 9.83. The normalized spacial score (nSPS) is 10.2. The van der Waals surface area contributed by atoms with Crippen molar-refractivity contribution >= 4 is 29.4 Å². The van der Waals surface area contributed by atoms with Gasteiger partial charge in [0.05, 0.1) is 16.6 Å². The van der Waals surface area contributed by atoms with Gasteiger partial charge in [-0.15, -0.1) is 12.4 Å². The Hall–Kier alpha value is -1.59. The van der Waals surface area contributed by atoms with E-state index in [9.17, 15) is 4.79 Å².